The third-order valence-electron chi connectivity index (χ3n) is 6.58. The number of aliphatic carboxylic acids is 1. The van der Waals surface area contributed by atoms with Crippen molar-refractivity contribution in [1.82, 2.24) is 26.6 Å². The number of thiol groups is 2. The van der Waals surface area contributed by atoms with E-state index in [0.29, 0.717) is 25.8 Å². The highest BCUT2D eigenvalue weighted by Gasteiger charge is 2.34. The van der Waals surface area contributed by atoms with E-state index in [-0.39, 0.29) is 17.9 Å². The Hall–Kier alpha value is -2.64. The summed E-state index contributed by atoms with van der Waals surface area (Å²) >= 11 is 7.84. The van der Waals surface area contributed by atoms with Crippen molar-refractivity contribution in [3.05, 3.63) is 0 Å². The zero-order valence-corrected chi connectivity index (χ0v) is 26.4. The standard InChI is InChI=1S/C25H47N7O9S2/c1-4-12(2)18(23(38)30-17(11-43)25(40)41)31-22(37)16(9-33)29-21(36)15(7-5-6-8-26)28-24(39)19(13(3)34)32-20(35)14(27)10-42/h12-19,33-34,42-43H,4-11,26-27H2,1-3H3,(H,28,39)(H,29,36)(H,30,38)(H,31,37)(H,32,35)(H,40,41)/t12-,13+,14-,15-,16-,17-,18-,19-/m0/s1. The molecule has 8 atom stereocenters. The van der Waals surface area contributed by atoms with Crippen molar-refractivity contribution in [1.29, 1.82) is 0 Å². The number of amides is 5. The molecular formula is C25H47N7O9S2. The van der Waals surface area contributed by atoms with Gasteiger partial charge in [0.25, 0.3) is 0 Å². The molecule has 0 saturated carbocycles. The van der Waals surface area contributed by atoms with Gasteiger partial charge in [0.2, 0.25) is 29.5 Å². The summed E-state index contributed by atoms with van der Waals surface area (Å²) in [5.74, 6) is -6.24. The lowest BCUT2D eigenvalue weighted by Crippen LogP contribution is -2.61. The Bertz CT molecular complexity index is 945. The lowest BCUT2D eigenvalue weighted by Gasteiger charge is -2.28. The van der Waals surface area contributed by atoms with Crippen LogP contribution in [0, 0.1) is 5.92 Å². The monoisotopic (exact) mass is 653 g/mol. The number of aliphatic hydroxyl groups excluding tert-OH is 2. The maximum absolute atomic E-state index is 13.2. The zero-order valence-electron chi connectivity index (χ0n) is 24.6. The number of carbonyl (C=O) groups excluding carboxylic acids is 5. The second kappa shape index (κ2) is 21.1. The van der Waals surface area contributed by atoms with Crippen molar-refractivity contribution in [3.63, 3.8) is 0 Å². The largest absolute Gasteiger partial charge is 0.480 e. The van der Waals surface area contributed by atoms with Gasteiger partial charge in [-0.2, -0.15) is 25.3 Å². The summed E-state index contributed by atoms with van der Waals surface area (Å²) in [6.07, 6.45) is -0.0165. The van der Waals surface area contributed by atoms with E-state index in [1.54, 1.807) is 13.8 Å². The van der Waals surface area contributed by atoms with Gasteiger partial charge in [-0.25, -0.2) is 4.79 Å². The van der Waals surface area contributed by atoms with Crippen molar-refractivity contribution < 1.29 is 44.1 Å². The quantitative estimate of drug-likeness (QED) is 0.0422. The van der Waals surface area contributed by atoms with E-state index < -0.39 is 90.4 Å². The normalized spacial score (nSPS) is 16.7. The van der Waals surface area contributed by atoms with Crippen LogP contribution < -0.4 is 38.1 Å². The van der Waals surface area contributed by atoms with Gasteiger partial charge in [0.15, 0.2) is 0 Å². The molecule has 0 aromatic rings. The molecule has 0 aromatic carbocycles. The fourth-order valence-electron chi connectivity index (χ4n) is 3.64. The topological polar surface area (TPSA) is 275 Å². The van der Waals surface area contributed by atoms with Crippen LogP contribution in [-0.2, 0) is 28.8 Å². The Labute approximate surface area is 262 Å². The first kappa shape index (κ1) is 40.4. The number of hydrogen-bond acceptors (Lipinski definition) is 12. The fraction of sp³-hybridized carbons (Fsp3) is 0.760. The molecule has 16 nitrogen and oxygen atoms in total. The Morgan fingerprint density at radius 1 is 0.744 bits per heavy atom. The summed E-state index contributed by atoms with van der Waals surface area (Å²) in [6, 6.07) is -7.86. The predicted octanol–water partition coefficient (Wildman–Crippen LogP) is -3.77. The van der Waals surface area contributed by atoms with Crippen LogP contribution >= 0.6 is 25.3 Å². The average molecular weight is 654 g/mol. The van der Waals surface area contributed by atoms with Gasteiger partial charge in [-0.3, -0.25) is 24.0 Å². The molecule has 0 rings (SSSR count). The van der Waals surface area contributed by atoms with Crippen LogP contribution in [0.2, 0.25) is 0 Å². The van der Waals surface area contributed by atoms with E-state index in [0.717, 1.165) is 0 Å². The molecule has 43 heavy (non-hydrogen) atoms. The molecule has 0 unspecified atom stereocenters. The minimum atomic E-state index is -1.55. The first-order chi connectivity index (χ1) is 20.2. The van der Waals surface area contributed by atoms with Crippen molar-refractivity contribution in [2.24, 2.45) is 17.4 Å². The van der Waals surface area contributed by atoms with Gasteiger partial charge in [0.1, 0.15) is 30.2 Å². The number of nitrogens with one attached hydrogen (secondary N) is 5. The maximum Gasteiger partial charge on any atom is 0.327 e. The number of carboxylic acid groups (broad SMARTS) is 1. The number of nitrogens with two attached hydrogens (primary N) is 2. The van der Waals surface area contributed by atoms with Crippen LogP contribution in [0.5, 0.6) is 0 Å². The Morgan fingerprint density at radius 3 is 1.72 bits per heavy atom. The summed E-state index contributed by atoms with van der Waals surface area (Å²) in [5, 5.41) is 41.1. The second-order valence-electron chi connectivity index (χ2n) is 10.1. The molecule has 0 aliphatic rings. The zero-order chi connectivity index (χ0) is 33.3. The van der Waals surface area contributed by atoms with Gasteiger partial charge in [0, 0.05) is 11.5 Å². The van der Waals surface area contributed by atoms with E-state index in [1.807, 2.05) is 0 Å². The number of aliphatic hydroxyl groups is 2. The van der Waals surface area contributed by atoms with Gasteiger partial charge in [-0.1, -0.05) is 20.3 Å². The van der Waals surface area contributed by atoms with E-state index in [9.17, 15) is 44.1 Å². The number of unbranched alkanes of at least 4 members (excludes halogenated alkanes) is 1. The smallest absolute Gasteiger partial charge is 0.327 e. The SMILES string of the molecule is CC[C@H](C)[C@H](NC(=O)[C@H](CO)NC(=O)[C@H](CCCCN)NC(=O)[C@@H](NC(=O)[C@@H](N)CS)[C@@H](C)O)C(=O)N[C@@H](CS)C(=O)O. The molecular weight excluding hydrogens is 606 g/mol. The van der Waals surface area contributed by atoms with E-state index in [4.69, 9.17) is 11.5 Å². The highest BCUT2D eigenvalue weighted by atomic mass is 32.1. The van der Waals surface area contributed by atoms with Crippen molar-refractivity contribution in [2.75, 3.05) is 24.7 Å². The molecule has 0 aliphatic heterocycles. The van der Waals surface area contributed by atoms with E-state index in [2.05, 4.69) is 51.8 Å². The summed E-state index contributed by atoms with van der Waals surface area (Å²) < 4.78 is 0. The van der Waals surface area contributed by atoms with Crippen LogP contribution in [-0.4, -0.2) is 118 Å². The average Bonchev–Trinajstić information content (AvgIpc) is 2.97. The summed E-state index contributed by atoms with van der Waals surface area (Å²) in [5.41, 5.74) is 11.2. The van der Waals surface area contributed by atoms with Crippen molar-refractivity contribution in [2.45, 2.75) is 88.8 Å². The molecule has 0 saturated heterocycles. The van der Waals surface area contributed by atoms with E-state index >= 15 is 0 Å². The first-order valence-corrected chi connectivity index (χ1v) is 15.2. The second-order valence-corrected chi connectivity index (χ2v) is 10.8. The fourth-order valence-corrected chi connectivity index (χ4v) is 4.05. The number of rotatable bonds is 21. The Kier molecular flexibility index (Phi) is 19.8. The minimum Gasteiger partial charge on any atom is -0.480 e. The summed E-state index contributed by atoms with van der Waals surface area (Å²) in [6.45, 7) is 4.08. The molecule has 5 amide bonds. The van der Waals surface area contributed by atoms with Gasteiger partial charge in [-0.15, -0.1) is 0 Å². The van der Waals surface area contributed by atoms with Crippen molar-refractivity contribution >= 4 is 60.8 Å². The number of hydrogen-bond donors (Lipinski definition) is 12. The van der Waals surface area contributed by atoms with Crippen LogP contribution in [0.1, 0.15) is 46.5 Å². The summed E-state index contributed by atoms with van der Waals surface area (Å²) in [4.78, 5) is 75.6. The molecule has 12 N–H and O–H groups in total. The highest BCUT2D eigenvalue weighted by molar-refractivity contribution is 7.80. The lowest BCUT2D eigenvalue weighted by molar-refractivity contribution is -0.142. The van der Waals surface area contributed by atoms with Gasteiger partial charge >= 0.3 is 5.97 Å². The first-order valence-electron chi connectivity index (χ1n) is 13.9. The Balaban J connectivity index is 5.82. The van der Waals surface area contributed by atoms with E-state index in [1.165, 1.54) is 6.92 Å². The van der Waals surface area contributed by atoms with Crippen molar-refractivity contribution in [3.8, 4) is 0 Å². The van der Waals surface area contributed by atoms with Crippen LogP contribution in [0.4, 0.5) is 0 Å². The molecule has 0 aromatic heterocycles. The third kappa shape index (κ3) is 14.1. The van der Waals surface area contributed by atoms with Crippen LogP contribution in [0.3, 0.4) is 0 Å². The van der Waals surface area contributed by atoms with Gasteiger partial charge < -0.3 is 53.4 Å². The third-order valence-corrected chi connectivity index (χ3v) is 7.34. The molecule has 0 spiro atoms. The van der Waals surface area contributed by atoms with Gasteiger partial charge in [-0.05, 0) is 38.6 Å². The molecule has 18 heteroatoms. The molecule has 0 heterocycles. The molecule has 248 valence electrons. The summed E-state index contributed by atoms with van der Waals surface area (Å²) in [7, 11) is 0. The molecule has 0 aliphatic carbocycles. The van der Waals surface area contributed by atoms with Crippen LogP contribution in [0.15, 0.2) is 0 Å². The maximum atomic E-state index is 13.2. The predicted molar refractivity (Wildman–Crippen MR) is 164 cm³/mol. The minimum absolute atomic E-state index is 0.0242. The number of carboxylic acids is 1. The number of carbonyl (C=O) groups is 6. The molecule has 0 fully saturated rings. The van der Waals surface area contributed by atoms with Gasteiger partial charge in [0.05, 0.1) is 18.8 Å². The lowest BCUT2D eigenvalue weighted by atomic mass is 9.97. The highest BCUT2D eigenvalue weighted by Crippen LogP contribution is 2.10. The molecule has 0 bridgehead atoms. The molecule has 0 radical (unpaired) electrons. The van der Waals surface area contributed by atoms with Crippen LogP contribution in [0.25, 0.3) is 0 Å². The Morgan fingerprint density at radius 2 is 1.26 bits per heavy atom.